The molecule has 27 heavy (non-hydrogen) atoms. The summed E-state index contributed by atoms with van der Waals surface area (Å²) in [6, 6.07) is 23.4. The molecule has 0 bridgehead atoms. The first-order valence-electron chi connectivity index (χ1n) is 8.81. The van der Waals surface area contributed by atoms with Crippen LogP contribution in [0.2, 0.25) is 0 Å². The molecule has 0 spiro atoms. The molecule has 0 aliphatic carbocycles. The Labute approximate surface area is 175 Å². The van der Waals surface area contributed by atoms with E-state index in [2.05, 4.69) is 83.3 Å². The molecule has 0 N–H and O–H groups in total. The summed E-state index contributed by atoms with van der Waals surface area (Å²) < 4.78 is 7.79. The predicted octanol–water partition coefficient (Wildman–Crippen LogP) is 7.16. The molecule has 1 heterocycles. The van der Waals surface area contributed by atoms with Crippen molar-refractivity contribution in [2.75, 3.05) is 0 Å². The van der Waals surface area contributed by atoms with Crippen LogP contribution in [0.4, 0.5) is 0 Å². The molecular formula is C23H20IO2S+. The van der Waals surface area contributed by atoms with Crippen LogP contribution < -0.4 is 4.74 Å². The maximum absolute atomic E-state index is 12.2. The number of esters is 1. The molecule has 0 radical (unpaired) electrons. The minimum absolute atomic E-state index is 0.131. The summed E-state index contributed by atoms with van der Waals surface area (Å²) in [6.45, 7) is 5.71. The first kappa shape index (κ1) is 18.4. The number of hydrogen-bond acceptors (Lipinski definition) is 2. The van der Waals surface area contributed by atoms with Crippen LogP contribution in [0.5, 0.6) is 5.75 Å². The number of ether oxygens (including phenoxy) is 1. The predicted molar refractivity (Wildman–Crippen MR) is 124 cm³/mol. The zero-order valence-electron chi connectivity index (χ0n) is 15.5. The standard InChI is InChI=1S/C23H20IO2S/c1-15-14-16(12-13-19(15)26-22(25)23(2,3)24)27-20-10-6-4-8-17(20)18-9-5-7-11-21(18)27/h4-14H,1-3H3/q+1. The molecule has 0 saturated carbocycles. The molecule has 0 unspecified atom stereocenters. The highest BCUT2D eigenvalue weighted by Gasteiger charge is 2.27. The number of aryl methyl sites for hydroxylation is 1. The van der Waals surface area contributed by atoms with Crippen molar-refractivity contribution in [1.82, 2.24) is 0 Å². The Morgan fingerprint density at radius 1 is 0.926 bits per heavy atom. The van der Waals surface area contributed by atoms with Gasteiger partial charge < -0.3 is 4.74 Å². The largest absolute Gasteiger partial charge is 0.425 e. The fraction of sp³-hybridized carbons (Fsp3) is 0.174. The Hall–Kier alpha value is -1.92. The summed E-state index contributed by atoms with van der Waals surface area (Å²) in [6.07, 6.45) is 0. The number of fused-ring (bicyclic) bond motifs is 3. The summed E-state index contributed by atoms with van der Waals surface area (Å²) in [5.41, 5.74) is 0.982. The molecule has 136 valence electrons. The van der Waals surface area contributed by atoms with Crippen LogP contribution in [0.15, 0.2) is 66.7 Å². The first-order chi connectivity index (χ1) is 12.9. The SMILES string of the molecule is Cc1cc(-[s+]2c3ccccc3c3ccccc32)ccc1OC(=O)C(C)(C)I. The van der Waals surface area contributed by atoms with Gasteiger partial charge in [0, 0.05) is 33.4 Å². The van der Waals surface area contributed by atoms with Crippen molar-refractivity contribution < 1.29 is 9.53 Å². The number of benzene rings is 3. The van der Waals surface area contributed by atoms with Crippen molar-refractivity contribution in [3.8, 4) is 10.6 Å². The molecular weight excluding hydrogens is 467 g/mol. The normalized spacial score (nSPS) is 11.9. The van der Waals surface area contributed by atoms with Crippen molar-refractivity contribution in [3.63, 3.8) is 0 Å². The van der Waals surface area contributed by atoms with Gasteiger partial charge in [-0.15, -0.1) is 0 Å². The molecule has 0 aliphatic heterocycles. The van der Waals surface area contributed by atoms with Gasteiger partial charge >= 0.3 is 5.97 Å². The second-order valence-corrected chi connectivity index (χ2v) is 11.7. The van der Waals surface area contributed by atoms with Crippen molar-refractivity contribution in [1.29, 1.82) is 0 Å². The van der Waals surface area contributed by atoms with Gasteiger partial charge in [-0.3, -0.25) is 4.79 Å². The molecule has 0 amide bonds. The van der Waals surface area contributed by atoms with Gasteiger partial charge in [0.25, 0.3) is 0 Å². The van der Waals surface area contributed by atoms with Crippen LogP contribution in [0.25, 0.3) is 25.1 Å². The van der Waals surface area contributed by atoms with E-state index in [0.717, 1.165) is 5.56 Å². The molecule has 0 aliphatic rings. The Kier molecular flexibility index (Phi) is 4.72. The van der Waals surface area contributed by atoms with Crippen molar-refractivity contribution in [3.05, 3.63) is 72.3 Å². The van der Waals surface area contributed by atoms with Gasteiger partial charge in [-0.05, 0) is 56.7 Å². The van der Waals surface area contributed by atoms with E-state index in [1.165, 1.54) is 25.1 Å². The van der Waals surface area contributed by atoms with Gasteiger partial charge in [-0.25, -0.2) is 0 Å². The zero-order chi connectivity index (χ0) is 19.2. The summed E-state index contributed by atoms with van der Waals surface area (Å²) in [5.74, 6) is 0.413. The van der Waals surface area contributed by atoms with Gasteiger partial charge in [0.2, 0.25) is 0 Å². The summed E-state index contributed by atoms with van der Waals surface area (Å²) >= 11 is 2.11. The molecule has 4 aromatic rings. The lowest BCUT2D eigenvalue weighted by molar-refractivity contribution is -0.135. The van der Waals surface area contributed by atoms with Gasteiger partial charge in [0.05, 0.1) is 0 Å². The highest BCUT2D eigenvalue weighted by atomic mass is 127. The lowest BCUT2D eigenvalue weighted by Gasteiger charge is -2.15. The van der Waals surface area contributed by atoms with Gasteiger partial charge in [0.1, 0.15) is 9.17 Å². The van der Waals surface area contributed by atoms with Crippen molar-refractivity contribution in [2.45, 2.75) is 24.2 Å². The van der Waals surface area contributed by atoms with E-state index in [-0.39, 0.29) is 16.4 Å². The van der Waals surface area contributed by atoms with Crippen LogP contribution in [0.3, 0.4) is 0 Å². The fourth-order valence-electron chi connectivity index (χ4n) is 3.19. The Morgan fingerprint density at radius 3 is 2.00 bits per heavy atom. The maximum atomic E-state index is 12.2. The van der Waals surface area contributed by atoms with Crippen LogP contribution in [0.1, 0.15) is 19.4 Å². The summed E-state index contributed by atoms with van der Waals surface area (Å²) in [5, 5.41) is 2.63. The zero-order valence-corrected chi connectivity index (χ0v) is 18.4. The van der Waals surface area contributed by atoms with E-state index >= 15 is 0 Å². The van der Waals surface area contributed by atoms with Crippen molar-refractivity contribution in [2.24, 2.45) is 0 Å². The van der Waals surface area contributed by atoms with E-state index < -0.39 is 3.42 Å². The van der Waals surface area contributed by atoms with E-state index in [9.17, 15) is 4.79 Å². The van der Waals surface area contributed by atoms with E-state index in [1.54, 1.807) is 0 Å². The second kappa shape index (κ2) is 6.91. The van der Waals surface area contributed by atoms with Gasteiger partial charge in [-0.1, -0.05) is 46.9 Å². The van der Waals surface area contributed by atoms with Gasteiger partial charge in [0.15, 0.2) is 14.3 Å². The number of rotatable bonds is 3. The highest BCUT2D eigenvalue weighted by molar-refractivity contribution is 14.1. The molecule has 3 aromatic carbocycles. The third-order valence-electron chi connectivity index (χ3n) is 4.57. The van der Waals surface area contributed by atoms with E-state index in [1.807, 2.05) is 26.8 Å². The first-order valence-corrected chi connectivity index (χ1v) is 11.1. The number of halogens is 1. The number of thiophene rings is 1. The fourth-order valence-corrected chi connectivity index (χ4v) is 5.77. The third-order valence-corrected chi connectivity index (χ3v) is 7.33. The second-order valence-electron chi connectivity index (χ2n) is 7.09. The average molecular weight is 487 g/mol. The Balaban J connectivity index is 1.85. The molecule has 4 heteroatoms. The Morgan fingerprint density at radius 2 is 1.48 bits per heavy atom. The number of hydrogen-bond donors (Lipinski definition) is 0. The van der Waals surface area contributed by atoms with Gasteiger partial charge in [-0.2, -0.15) is 0 Å². The average Bonchev–Trinajstić information content (AvgIpc) is 2.97. The minimum atomic E-state index is -0.548. The van der Waals surface area contributed by atoms with E-state index in [0.29, 0.717) is 5.75 Å². The number of alkyl halides is 1. The Bertz CT molecular complexity index is 1110. The summed E-state index contributed by atoms with van der Waals surface area (Å²) in [7, 11) is -0.131. The summed E-state index contributed by atoms with van der Waals surface area (Å²) in [4.78, 5) is 13.5. The molecule has 2 nitrogen and oxygen atoms in total. The van der Waals surface area contributed by atoms with Crippen LogP contribution in [-0.4, -0.2) is 9.39 Å². The molecule has 1 aromatic heterocycles. The molecule has 0 saturated heterocycles. The quantitative estimate of drug-likeness (QED) is 0.101. The van der Waals surface area contributed by atoms with Crippen LogP contribution >= 0.6 is 33.1 Å². The minimum Gasteiger partial charge on any atom is -0.425 e. The van der Waals surface area contributed by atoms with Crippen molar-refractivity contribution >= 4 is 59.2 Å². The van der Waals surface area contributed by atoms with Crippen LogP contribution in [0, 0.1) is 6.92 Å². The topological polar surface area (TPSA) is 26.3 Å². The smallest absolute Gasteiger partial charge is 0.326 e. The molecule has 0 fully saturated rings. The van der Waals surface area contributed by atoms with Crippen LogP contribution in [-0.2, 0) is 4.79 Å². The highest BCUT2D eigenvalue weighted by Crippen LogP contribution is 2.48. The molecule has 0 atom stereocenters. The third kappa shape index (κ3) is 3.36. The monoisotopic (exact) mass is 487 g/mol. The maximum Gasteiger partial charge on any atom is 0.326 e. The lowest BCUT2D eigenvalue weighted by Crippen LogP contribution is -2.29. The van der Waals surface area contributed by atoms with E-state index in [4.69, 9.17) is 4.74 Å². The molecule has 4 rings (SSSR count). The number of carbonyl (C=O) groups is 1. The lowest BCUT2D eigenvalue weighted by atomic mass is 10.2. The number of carbonyl (C=O) groups excluding carboxylic acids is 1.